The molecule has 0 aromatic heterocycles. The van der Waals surface area contributed by atoms with Gasteiger partial charge in [0.05, 0.1) is 6.07 Å². The number of likely N-dealkylation sites (tertiary alicyclic amines) is 1. The van der Waals surface area contributed by atoms with E-state index in [-0.39, 0.29) is 0 Å². The second-order valence-electron chi connectivity index (χ2n) is 3.21. The Labute approximate surface area is 69.8 Å². The summed E-state index contributed by atoms with van der Waals surface area (Å²) in [5.74, 6) is 0.978. The highest BCUT2D eigenvalue weighted by Crippen LogP contribution is 2.13. The lowest BCUT2D eigenvalue weighted by atomic mass is 10.00. The Morgan fingerprint density at radius 1 is 1.36 bits per heavy atom. The summed E-state index contributed by atoms with van der Waals surface area (Å²) < 4.78 is 0. The van der Waals surface area contributed by atoms with Gasteiger partial charge in [0.15, 0.2) is 0 Å². The molecule has 1 rings (SSSR count). The highest BCUT2D eigenvalue weighted by molar-refractivity contribution is 4.65. The summed E-state index contributed by atoms with van der Waals surface area (Å²) in [5, 5.41) is 7.32. The molecule has 2 heteroatoms. The average molecular weight is 154 g/mol. The van der Waals surface area contributed by atoms with Gasteiger partial charge in [-0.05, 0) is 38.9 Å². The molecule has 0 radical (unpaired) electrons. The molecule has 0 atom stereocenters. The van der Waals surface area contributed by atoms with Gasteiger partial charge in [-0.15, -0.1) is 0 Å². The van der Waals surface area contributed by atoms with Gasteiger partial charge < -0.3 is 4.90 Å². The smallest absolute Gasteiger partial charge is 0.0587 e. The Balaban J connectivity index is 0.000000292. The van der Waals surface area contributed by atoms with Gasteiger partial charge in [-0.3, -0.25) is 0 Å². The number of piperidine rings is 1. The van der Waals surface area contributed by atoms with Crippen molar-refractivity contribution >= 4 is 0 Å². The van der Waals surface area contributed by atoms with Crippen LogP contribution >= 0.6 is 0 Å². The lowest BCUT2D eigenvalue weighted by molar-refractivity contribution is 0.230. The summed E-state index contributed by atoms with van der Waals surface area (Å²) >= 11 is 0. The molecule has 1 fully saturated rings. The minimum absolute atomic E-state index is 0.978. The van der Waals surface area contributed by atoms with Crippen molar-refractivity contribution in [1.82, 2.24) is 4.90 Å². The predicted molar refractivity (Wildman–Crippen MR) is 47.2 cm³/mol. The first-order valence-corrected chi connectivity index (χ1v) is 4.20. The standard InChI is InChI=1S/C7H15N.C2H3N/c1-7-3-5-8(2)6-4-7;1-2-3/h7H,3-6H2,1-2H3;1H3. The first-order chi connectivity index (χ1) is 5.20. The van der Waals surface area contributed by atoms with Crippen molar-refractivity contribution in [3.8, 4) is 6.07 Å². The molecule has 0 N–H and O–H groups in total. The van der Waals surface area contributed by atoms with Gasteiger partial charge in [0, 0.05) is 6.92 Å². The van der Waals surface area contributed by atoms with E-state index in [9.17, 15) is 0 Å². The van der Waals surface area contributed by atoms with Gasteiger partial charge in [0.25, 0.3) is 0 Å². The topological polar surface area (TPSA) is 27.0 Å². The molecule has 1 aliphatic rings. The van der Waals surface area contributed by atoms with E-state index in [0.29, 0.717) is 0 Å². The fourth-order valence-electron chi connectivity index (χ4n) is 1.14. The molecule has 2 nitrogen and oxygen atoms in total. The van der Waals surface area contributed by atoms with Crippen molar-refractivity contribution in [2.45, 2.75) is 26.7 Å². The normalized spacial score (nSPS) is 19.8. The minimum atomic E-state index is 0.978. The van der Waals surface area contributed by atoms with Crippen LogP contribution < -0.4 is 0 Å². The molecule has 1 heterocycles. The maximum Gasteiger partial charge on any atom is 0.0587 e. The van der Waals surface area contributed by atoms with Crippen LogP contribution in [0.15, 0.2) is 0 Å². The van der Waals surface area contributed by atoms with Crippen LogP contribution in [0.2, 0.25) is 0 Å². The monoisotopic (exact) mass is 154 g/mol. The van der Waals surface area contributed by atoms with Gasteiger partial charge >= 0.3 is 0 Å². The number of nitriles is 1. The Morgan fingerprint density at radius 3 is 2.00 bits per heavy atom. The Bertz CT molecular complexity index is 108. The van der Waals surface area contributed by atoms with Crippen LogP contribution in [-0.4, -0.2) is 25.0 Å². The zero-order valence-electron chi connectivity index (χ0n) is 7.80. The molecule has 0 aromatic carbocycles. The van der Waals surface area contributed by atoms with Gasteiger partial charge in [0.1, 0.15) is 0 Å². The molecule has 0 unspecified atom stereocenters. The van der Waals surface area contributed by atoms with E-state index in [2.05, 4.69) is 18.9 Å². The van der Waals surface area contributed by atoms with Crippen molar-refractivity contribution in [2.24, 2.45) is 5.92 Å². The van der Waals surface area contributed by atoms with Crippen LogP contribution in [0, 0.1) is 17.2 Å². The van der Waals surface area contributed by atoms with Crippen molar-refractivity contribution in [1.29, 1.82) is 5.26 Å². The van der Waals surface area contributed by atoms with E-state index in [1.165, 1.54) is 32.9 Å². The van der Waals surface area contributed by atoms with E-state index in [4.69, 9.17) is 5.26 Å². The zero-order valence-corrected chi connectivity index (χ0v) is 7.80. The summed E-state index contributed by atoms with van der Waals surface area (Å²) in [7, 11) is 2.20. The van der Waals surface area contributed by atoms with Crippen molar-refractivity contribution < 1.29 is 0 Å². The maximum atomic E-state index is 7.32. The van der Waals surface area contributed by atoms with Gasteiger partial charge in [-0.25, -0.2) is 0 Å². The molecule has 0 spiro atoms. The van der Waals surface area contributed by atoms with Gasteiger partial charge in [0.2, 0.25) is 0 Å². The van der Waals surface area contributed by atoms with Crippen molar-refractivity contribution in [2.75, 3.05) is 20.1 Å². The predicted octanol–water partition coefficient (Wildman–Crippen LogP) is 1.88. The Kier molecular flexibility index (Phi) is 5.87. The van der Waals surface area contributed by atoms with Crippen LogP contribution in [0.5, 0.6) is 0 Å². The van der Waals surface area contributed by atoms with Crippen LogP contribution in [-0.2, 0) is 0 Å². The third-order valence-electron chi connectivity index (χ3n) is 2.01. The third-order valence-corrected chi connectivity index (χ3v) is 2.01. The molecule has 1 saturated heterocycles. The molecule has 0 bridgehead atoms. The quantitative estimate of drug-likeness (QED) is 0.532. The molecule has 64 valence electrons. The zero-order chi connectivity index (χ0) is 8.69. The van der Waals surface area contributed by atoms with Crippen LogP contribution in [0.3, 0.4) is 0 Å². The number of rotatable bonds is 0. The largest absolute Gasteiger partial charge is 0.306 e. The SMILES string of the molecule is CC#N.CC1CCN(C)CC1. The van der Waals surface area contributed by atoms with Crippen molar-refractivity contribution in [3.05, 3.63) is 0 Å². The highest BCUT2D eigenvalue weighted by Gasteiger charge is 2.10. The summed E-state index contributed by atoms with van der Waals surface area (Å²) in [6, 6.07) is 1.75. The first-order valence-electron chi connectivity index (χ1n) is 4.20. The van der Waals surface area contributed by atoms with Crippen LogP contribution in [0.25, 0.3) is 0 Å². The van der Waals surface area contributed by atoms with Gasteiger partial charge in [-0.2, -0.15) is 5.26 Å². The Hall–Kier alpha value is -0.550. The number of nitrogens with zero attached hydrogens (tertiary/aromatic N) is 2. The second-order valence-corrected chi connectivity index (χ2v) is 3.21. The number of hydrogen-bond donors (Lipinski definition) is 0. The van der Waals surface area contributed by atoms with Crippen LogP contribution in [0.4, 0.5) is 0 Å². The van der Waals surface area contributed by atoms with E-state index in [1.54, 1.807) is 6.07 Å². The molecule has 0 saturated carbocycles. The molecule has 0 amide bonds. The lowest BCUT2D eigenvalue weighted by Gasteiger charge is -2.26. The summed E-state index contributed by atoms with van der Waals surface area (Å²) in [4.78, 5) is 2.40. The highest BCUT2D eigenvalue weighted by atomic mass is 15.1. The average Bonchev–Trinajstić information content (AvgIpc) is 1.97. The third kappa shape index (κ3) is 5.87. The fourth-order valence-corrected chi connectivity index (χ4v) is 1.14. The molecule has 0 aromatic rings. The lowest BCUT2D eigenvalue weighted by Crippen LogP contribution is -2.28. The summed E-state index contributed by atoms with van der Waals surface area (Å²) in [5.41, 5.74) is 0. The van der Waals surface area contributed by atoms with Crippen LogP contribution in [0.1, 0.15) is 26.7 Å². The molecule has 0 aliphatic carbocycles. The van der Waals surface area contributed by atoms with Gasteiger partial charge in [-0.1, -0.05) is 6.92 Å². The molecular formula is C9H18N2. The maximum absolute atomic E-state index is 7.32. The van der Waals surface area contributed by atoms with E-state index in [0.717, 1.165) is 5.92 Å². The summed E-state index contributed by atoms with van der Waals surface area (Å²) in [6.45, 7) is 6.38. The van der Waals surface area contributed by atoms with E-state index >= 15 is 0 Å². The molecular weight excluding hydrogens is 136 g/mol. The second kappa shape index (κ2) is 6.18. The van der Waals surface area contributed by atoms with E-state index < -0.39 is 0 Å². The number of hydrogen-bond acceptors (Lipinski definition) is 2. The first kappa shape index (κ1) is 10.4. The minimum Gasteiger partial charge on any atom is -0.306 e. The molecule has 11 heavy (non-hydrogen) atoms. The van der Waals surface area contributed by atoms with E-state index in [1.807, 2.05) is 0 Å². The Morgan fingerprint density at radius 2 is 1.73 bits per heavy atom. The fraction of sp³-hybridized carbons (Fsp3) is 0.889. The summed E-state index contributed by atoms with van der Waals surface area (Å²) in [6.07, 6.45) is 2.80. The molecule has 1 aliphatic heterocycles. The van der Waals surface area contributed by atoms with Crippen molar-refractivity contribution in [3.63, 3.8) is 0 Å².